The van der Waals surface area contributed by atoms with Crippen LogP contribution in [0.4, 0.5) is 0 Å². The summed E-state index contributed by atoms with van der Waals surface area (Å²) in [4.78, 5) is 0. The lowest BCUT2D eigenvalue weighted by molar-refractivity contribution is 0.526. The van der Waals surface area contributed by atoms with Gasteiger partial charge in [0.25, 0.3) is 0 Å². The number of hydrogen-bond acceptors (Lipinski definition) is 1. The minimum atomic E-state index is -1.00. The molecule has 0 atom stereocenters. The maximum atomic E-state index is 2.93. The molecule has 4 heteroatoms. The molecular weight excluding hydrogens is 206 g/mol. The van der Waals surface area contributed by atoms with Gasteiger partial charge < -0.3 is 4.23 Å². The van der Waals surface area contributed by atoms with Crippen molar-refractivity contribution in [2.75, 3.05) is 0 Å². The van der Waals surface area contributed by atoms with E-state index < -0.39 is 25.0 Å². The van der Waals surface area contributed by atoms with Crippen molar-refractivity contribution in [1.29, 1.82) is 0 Å². The molecule has 0 aliphatic heterocycles. The monoisotopic (exact) mass is 233 g/mol. The topological polar surface area (TPSA) is 3.24 Å². The Hall–Kier alpha value is 0.611. The largest absolute Gasteiger partial charge is 0.348 e. The van der Waals surface area contributed by atoms with Gasteiger partial charge >= 0.3 is 0 Å². The first-order valence-corrected chi connectivity index (χ1v) is 15.4. The summed E-state index contributed by atoms with van der Waals surface area (Å²) in [5.74, 6) is 0. The van der Waals surface area contributed by atoms with Crippen molar-refractivity contribution in [2.24, 2.45) is 0 Å². The zero-order valence-corrected chi connectivity index (χ0v) is 14.0. The predicted octanol–water partition coefficient (Wildman–Crippen LogP) is 2.45. The molecule has 0 saturated heterocycles. The van der Waals surface area contributed by atoms with Crippen molar-refractivity contribution in [3.8, 4) is 0 Å². The Balaban J connectivity index is 4.73. The second kappa shape index (κ2) is 4.91. The zero-order valence-electron chi connectivity index (χ0n) is 10.7. The lowest BCUT2D eigenvalue weighted by Crippen LogP contribution is -2.64. The normalized spacial score (nSPS) is 13.8. The molecule has 0 spiro atoms. The van der Waals surface area contributed by atoms with E-state index in [0.29, 0.717) is 0 Å². The van der Waals surface area contributed by atoms with E-state index >= 15 is 0 Å². The summed E-state index contributed by atoms with van der Waals surface area (Å²) in [5, 5.41) is 0. The molecule has 0 aromatic rings. The highest BCUT2D eigenvalue weighted by molar-refractivity contribution is 7.31. The molecule has 0 bridgehead atoms. The van der Waals surface area contributed by atoms with Gasteiger partial charge in [0.1, 0.15) is 7.75 Å². The fourth-order valence-electron chi connectivity index (χ4n) is 2.23. The summed E-state index contributed by atoms with van der Waals surface area (Å²) in [7, 11) is -2.05. The molecule has 0 unspecified atom stereocenters. The van der Waals surface area contributed by atoms with E-state index in [9.17, 15) is 0 Å². The second-order valence-electron chi connectivity index (χ2n) is 5.40. The molecule has 0 aromatic carbocycles. The second-order valence-corrected chi connectivity index (χ2v) is 22.5. The molecule has 1 nitrogen and oxygen atoms in total. The number of rotatable bonds is 4. The Labute approximate surface area is 88.7 Å². The molecular formula is C9H27NSi3. The maximum absolute atomic E-state index is 2.93. The van der Waals surface area contributed by atoms with Crippen LogP contribution in [0, 0.1) is 0 Å². The standard InChI is InChI=1S/C9H27NSi3/c1-9(2)10(11(3)4)13(7,8)12(5)6/h9,11-12H,1-8H3. The number of hydrogen-bond donors (Lipinski definition) is 0. The summed E-state index contributed by atoms with van der Waals surface area (Å²) in [6, 6.07) is 0.781. The highest BCUT2D eigenvalue weighted by Crippen LogP contribution is 2.18. The first-order valence-electron chi connectivity index (χ1n) is 5.49. The van der Waals surface area contributed by atoms with Crippen molar-refractivity contribution in [2.45, 2.75) is 59.2 Å². The van der Waals surface area contributed by atoms with E-state index in [2.05, 4.69) is 57.4 Å². The first-order chi connectivity index (χ1) is 5.71. The van der Waals surface area contributed by atoms with Crippen LogP contribution in [0.15, 0.2) is 0 Å². The van der Waals surface area contributed by atoms with Crippen molar-refractivity contribution in [3.63, 3.8) is 0 Å². The molecule has 0 aliphatic carbocycles. The van der Waals surface area contributed by atoms with Crippen LogP contribution in [-0.2, 0) is 0 Å². The Morgan fingerprint density at radius 1 is 1.00 bits per heavy atom. The molecule has 0 rings (SSSR count). The Kier molecular flexibility index (Phi) is 5.14. The molecule has 0 aliphatic rings. The van der Waals surface area contributed by atoms with Gasteiger partial charge in [-0.05, 0) is 6.04 Å². The van der Waals surface area contributed by atoms with Crippen LogP contribution in [0.25, 0.3) is 0 Å². The first kappa shape index (κ1) is 13.6. The third-order valence-electron chi connectivity index (χ3n) is 3.19. The quantitative estimate of drug-likeness (QED) is 0.674. The van der Waals surface area contributed by atoms with Crippen LogP contribution in [0.2, 0.25) is 39.3 Å². The summed E-state index contributed by atoms with van der Waals surface area (Å²) >= 11 is 0. The van der Waals surface area contributed by atoms with Gasteiger partial charge in [-0.25, -0.2) is 0 Å². The molecule has 0 fully saturated rings. The Morgan fingerprint density at radius 2 is 1.38 bits per heavy atom. The minimum Gasteiger partial charge on any atom is -0.348 e. The lowest BCUT2D eigenvalue weighted by Gasteiger charge is -2.45. The minimum absolute atomic E-state index is 0.450. The SMILES string of the molecule is CC(C)N([SiH](C)C)[Si](C)(C)[SiH](C)C. The van der Waals surface area contributed by atoms with Gasteiger partial charge in [0, 0.05) is 8.31 Å². The van der Waals surface area contributed by atoms with E-state index in [1.807, 2.05) is 0 Å². The summed E-state index contributed by atoms with van der Waals surface area (Å²) in [5.41, 5.74) is 0. The molecule has 80 valence electrons. The van der Waals surface area contributed by atoms with E-state index in [0.717, 1.165) is 6.04 Å². The van der Waals surface area contributed by atoms with Crippen molar-refractivity contribution in [3.05, 3.63) is 0 Å². The molecule has 0 N–H and O–H groups in total. The average Bonchev–Trinajstić information content (AvgIpc) is 1.82. The van der Waals surface area contributed by atoms with E-state index in [-0.39, 0.29) is 0 Å². The average molecular weight is 234 g/mol. The molecule has 0 amide bonds. The molecule has 0 saturated carbocycles. The van der Waals surface area contributed by atoms with Gasteiger partial charge in [-0.2, -0.15) is 0 Å². The van der Waals surface area contributed by atoms with E-state index in [4.69, 9.17) is 0 Å². The predicted molar refractivity (Wildman–Crippen MR) is 72.2 cm³/mol. The smallest absolute Gasteiger partial charge is 0.101 e. The Bertz CT molecular complexity index is 147. The van der Waals surface area contributed by atoms with Crippen molar-refractivity contribution in [1.82, 2.24) is 4.23 Å². The fraction of sp³-hybridized carbons (Fsp3) is 1.00. The van der Waals surface area contributed by atoms with Crippen LogP contribution < -0.4 is 0 Å². The van der Waals surface area contributed by atoms with Crippen molar-refractivity contribution >= 4 is 25.0 Å². The Morgan fingerprint density at radius 3 is 1.46 bits per heavy atom. The summed E-state index contributed by atoms with van der Waals surface area (Å²) in [6.07, 6.45) is 0. The van der Waals surface area contributed by atoms with Gasteiger partial charge in [0.15, 0.2) is 0 Å². The van der Waals surface area contributed by atoms with Gasteiger partial charge in [-0.1, -0.05) is 53.1 Å². The highest BCUT2D eigenvalue weighted by Gasteiger charge is 2.36. The van der Waals surface area contributed by atoms with E-state index in [1.54, 1.807) is 0 Å². The van der Waals surface area contributed by atoms with Crippen LogP contribution in [0.3, 0.4) is 0 Å². The van der Waals surface area contributed by atoms with Crippen LogP contribution in [0.1, 0.15) is 13.8 Å². The maximum Gasteiger partial charge on any atom is 0.101 e. The van der Waals surface area contributed by atoms with Crippen molar-refractivity contribution < 1.29 is 0 Å². The molecule has 0 aromatic heterocycles. The zero-order chi connectivity index (χ0) is 10.8. The fourth-order valence-corrected chi connectivity index (χ4v) is 18.7. The van der Waals surface area contributed by atoms with Gasteiger partial charge in [0.05, 0.1) is 8.96 Å². The van der Waals surface area contributed by atoms with Gasteiger partial charge in [-0.15, -0.1) is 0 Å². The van der Waals surface area contributed by atoms with Crippen LogP contribution in [0.5, 0.6) is 0 Å². The lowest BCUT2D eigenvalue weighted by atomic mass is 10.4. The molecule has 0 heterocycles. The van der Waals surface area contributed by atoms with Crippen LogP contribution in [-0.4, -0.2) is 35.3 Å². The number of nitrogens with zero attached hydrogens (tertiary/aromatic N) is 1. The third kappa shape index (κ3) is 3.34. The van der Waals surface area contributed by atoms with Gasteiger partial charge in [-0.3, -0.25) is 0 Å². The molecule has 13 heavy (non-hydrogen) atoms. The highest BCUT2D eigenvalue weighted by atomic mass is 29.2. The summed E-state index contributed by atoms with van der Waals surface area (Å²) < 4.78 is 2.93. The van der Waals surface area contributed by atoms with Gasteiger partial charge in [0.2, 0.25) is 0 Å². The molecule has 0 radical (unpaired) electrons. The third-order valence-corrected chi connectivity index (χ3v) is 23.4. The van der Waals surface area contributed by atoms with Crippen LogP contribution >= 0.6 is 0 Å². The summed E-state index contributed by atoms with van der Waals surface area (Å²) in [6.45, 7) is 19.9. The van der Waals surface area contributed by atoms with E-state index in [1.165, 1.54) is 0 Å².